The number of nitrogens with one attached hydrogen (secondary N) is 1. The molecule has 216 valence electrons. The summed E-state index contributed by atoms with van der Waals surface area (Å²) in [6.45, 7) is 4.41. The van der Waals surface area contributed by atoms with E-state index >= 15 is 4.39 Å². The number of nitrogen functional groups attached to an aromatic ring is 1. The molecule has 0 atom stereocenters. The van der Waals surface area contributed by atoms with E-state index in [1.54, 1.807) is 6.07 Å². The van der Waals surface area contributed by atoms with E-state index in [0.29, 0.717) is 34.0 Å². The largest absolute Gasteiger partial charge is 0.383 e. The Morgan fingerprint density at radius 1 is 0.927 bits per heavy atom. The van der Waals surface area contributed by atoms with Crippen LogP contribution in [0.5, 0.6) is 0 Å². The molecular formula is C29H33F2N7O2S. The summed E-state index contributed by atoms with van der Waals surface area (Å²) >= 11 is 0. The molecule has 2 aromatic carbocycles. The molecule has 41 heavy (non-hydrogen) atoms. The molecule has 1 aliphatic heterocycles. The molecule has 2 aromatic heterocycles. The summed E-state index contributed by atoms with van der Waals surface area (Å²) in [5.74, 6) is -1.02. The first-order valence-corrected chi connectivity index (χ1v) is 15.3. The number of benzene rings is 2. The minimum Gasteiger partial charge on any atom is -0.383 e. The highest BCUT2D eigenvalue weighted by molar-refractivity contribution is 7.92. The van der Waals surface area contributed by atoms with E-state index in [9.17, 15) is 12.8 Å². The molecule has 0 unspecified atom stereocenters. The summed E-state index contributed by atoms with van der Waals surface area (Å²) in [6, 6.07) is 9.43. The SMILES string of the molecule is CN1CCN([C@H]2CC[C@H](n3cc(-c4ccc(NS(=O)(=O)c5ccc(F)cc5)c(F)c4)c4c(N)ncnc43)CC2)CC1. The van der Waals surface area contributed by atoms with Crippen molar-refractivity contribution in [2.45, 2.75) is 42.7 Å². The maximum atomic E-state index is 15.3. The third-order valence-corrected chi connectivity index (χ3v) is 9.78. The number of aromatic nitrogens is 3. The van der Waals surface area contributed by atoms with Crippen LogP contribution in [0.3, 0.4) is 0 Å². The second-order valence-corrected chi connectivity index (χ2v) is 12.6. The van der Waals surface area contributed by atoms with E-state index in [0.717, 1.165) is 76.1 Å². The molecule has 1 saturated carbocycles. The van der Waals surface area contributed by atoms with Gasteiger partial charge in [0.05, 0.1) is 16.0 Å². The van der Waals surface area contributed by atoms with Crippen molar-refractivity contribution in [1.29, 1.82) is 0 Å². The first-order chi connectivity index (χ1) is 19.7. The van der Waals surface area contributed by atoms with E-state index in [2.05, 4.69) is 36.1 Å². The zero-order valence-electron chi connectivity index (χ0n) is 22.8. The van der Waals surface area contributed by atoms with Crippen LogP contribution in [-0.4, -0.2) is 72.0 Å². The van der Waals surface area contributed by atoms with Crippen LogP contribution in [0.15, 0.2) is 59.9 Å². The smallest absolute Gasteiger partial charge is 0.261 e. The summed E-state index contributed by atoms with van der Waals surface area (Å²) in [5, 5.41) is 0.646. The van der Waals surface area contributed by atoms with E-state index < -0.39 is 21.7 Å². The minimum atomic E-state index is -4.10. The molecule has 0 amide bonds. The van der Waals surface area contributed by atoms with Gasteiger partial charge in [0, 0.05) is 50.0 Å². The second kappa shape index (κ2) is 11.0. The van der Waals surface area contributed by atoms with Crippen LogP contribution in [0.4, 0.5) is 20.3 Å². The van der Waals surface area contributed by atoms with Gasteiger partial charge in [-0.05, 0) is 74.7 Å². The molecule has 0 bridgehead atoms. The predicted octanol–water partition coefficient (Wildman–Crippen LogP) is 4.49. The van der Waals surface area contributed by atoms with Crippen molar-refractivity contribution in [1.82, 2.24) is 24.3 Å². The number of fused-ring (bicyclic) bond motifs is 1. The fraction of sp³-hybridized carbons (Fsp3) is 0.379. The van der Waals surface area contributed by atoms with Crippen molar-refractivity contribution in [2.75, 3.05) is 43.7 Å². The zero-order valence-corrected chi connectivity index (χ0v) is 23.6. The maximum Gasteiger partial charge on any atom is 0.261 e. The van der Waals surface area contributed by atoms with Gasteiger partial charge in [0.15, 0.2) is 0 Å². The summed E-state index contributed by atoms with van der Waals surface area (Å²) in [5.41, 5.74) is 8.02. The summed E-state index contributed by atoms with van der Waals surface area (Å²) < 4.78 is 58.4. The van der Waals surface area contributed by atoms with Crippen LogP contribution < -0.4 is 10.5 Å². The Hall–Kier alpha value is -3.61. The lowest BCUT2D eigenvalue weighted by Gasteiger charge is -2.41. The van der Waals surface area contributed by atoms with Crippen molar-refractivity contribution >= 4 is 32.6 Å². The molecule has 9 nitrogen and oxygen atoms in total. The third kappa shape index (κ3) is 5.51. The number of hydrogen-bond donors (Lipinski definition) is 2. The summed E-state index contributed by atoms with van der Waals surface area (Å²) in [6.07, 6.45) is 7.61. The Bertz CT molecular complexity index is 1660. The molecule has 0 spiro atoms. The summed E-state index contributed by atoms with van der Waals surface area (Å²) in [7, 11) is -1.94. The minimum absolute atomic E-state index is 0.169. The van der Waals surface area contributed by atoms with Crippen LogP contribution in [0.25, 0.3) is 22.2 Å². The number of sulfonamides is 1. The topological polar surface area (TPSA) is 109 Å². The monoisotopic (exact) mass is 581 g/mol. The number of hydrogen-bond acceptors (Lipinski definition) is 7. The normalized spacial score (nSPS) is 20.9. The van der Waals surface area contributed by atoms with Gasteiger partial charge < -0.3 is 15.2 Å². The Kier molecular flexibility index (Phi) is 7.39. The standard InChI is InChI=1S/C29H33F2N7O2S/c1-36-12-14-37(15-13-36)21-5-7-22(8-6-21)38-17-24(27-28(32)33-18-34-29(27)38)19-2-11-26(25(31)16-19)35-41(39,40)23-9-3-20(30)4-10-23/h2-4,9-11,16-18,21-22,35H,5-8,12-15H2,1H3,(H2,32,33,34)/t21-,22-. The van der Waals surface area contributed by atoms with E-state index in [1.165, 1.54) is 18.5 Å². The van der Waals surface area contributed by atoms with Crippen LogP contribution in [0.2, 0.25) is 0 Å². The third-order valence-electron chi connectivity index (χ3n) is 8.40. The number of piperazine rings is 1. The predicted molar refractivity (Wildman–Crippen MR) is 155 cm³/mol. The molecule has 1 saturated heterocycles. The van der Waals surface area contributed by atoms with E-state index in [1.807, 2.05) is 6.20 Å². The van der Waals surface area contributed by atoms with Gasteiger partial charge in [-0.1, -0.05) is 6.07 Å². The quantitative estimate of drug-likeness (QED) is 0.345. The molecule has 3 heterocycles. The molecule has 3 N–H and O–H groups in total. The van der Waals surface area contributed by atoms with Crippen LogP contribution in [0.1, 0.15) is 31.7 Å². The van der Waals surface area contributed by atoms with Gasteiger partial charge in [-0.2, -0.15) is 0 Å². The maximum absolute atomic E-state index is 15.3. The van der Waals surface area contributed by atoms with Gasteiger partial charge in [-0.3, -0.25) is 9.62 Å². The fourth-order valence-electron chi connectivity index (χ4n) is 6.08. The Balaban J connectivity index is 1.26. The first kappa shape index (κ1) is 27.6. The second-order valence-electron chi connectivity index (χ2n) is 11.0. The molecule has 4 aromatic rings. The highest BCUT2D eigenvalue weighted by atomic mass is 32.2. The molecule has 2 aliphatic rings. The lowest BCUT2D eigenvalue weighted by atomic mass is 9.89. The van der Waals surface area contributed by atoms with Crippen molar-refractivity contribution < 1.29 is 17.2 Å². The highest BCUT2D eigenvalue weighted by Crippen LogP contribution is 2.39. The molecule has 0 radical (unpaired) electrons. The number of rotatable bonds is 6. The Morgan fingerprint density at radius 2 is 1.61 bits per heavy atom. The lowest BCUT2D eigenvalue weighted by Crippen LogP contribution is -2.49. The average molecular weight is 582 g/mol. The Morgan fingerprint density at radius 3 is 2.29 bits per heavy atom. The van der Waals surface area contributed by atoms with Crippen LogP contribution in [0, 0.1) is 11.6 Å². The molecule has 1 aliphatic carbocycles. The number of nitrogens with zero attached hydrogens (tertiary/aromatic N) is 5. The van der Waals surface area contributed by atoms with Crippen molar-refractivity contribution in [2.24, 2.45) is 0 Å². The van der Waals surface area contributed by atoms with Crippen molar-refractivity contribution in [3.8, 4) is 11.1 Å². The van der Waals surface area contributed by atoms with Crippen LogP contribution in [-0.2, 0) is 10.0 Å². The number of likely N-dealkylation sites (N-methyl/N-ethyl adjacent to an activating group) is 1. The molecule has 2 fully saturated rings. The number of anilines is 2. The number of halogens is 2. The van der Waals surface area contributed by atoms with Gasteiger partial charge in [-0.25, -0.2) is 27.2 Å². The highest BCUT2D eigenvalue weighted by Gasteiger charge is 2.30. The van der Waals surface area contributed by atoms with Crippen molar-refractivity contribution in [3.63, 3.8) is 0 Å². The average Bonchev–Trinajstić information content (AvgIpc) is 3.36. The Labute approximate surface area is 238 Å². The molecule has 6 rings (SSSR count). The van der Waals surface area contributed by atoms with Crippen molar-refractivity contribution in [3.05, 3.63) is 66.6 Å². The van der Waals surface area contributed by atoms with Crippen LogP contribution >= 0.6 is 0 Å². The molecular weight excluding hydrogens is 548 g/mol. The number of nitrogens with two attached hydrogens (primary N) is 1. The first-order valence-electron chi connectivity index (χ1n) is 13.8. The van der Waals surface area contributed by atoms with Gasteiger partial charge in [0.25, 0.3) is 10.0 Å². The van der Waals surface area contributed by atoms with Gasteiger partial charge >= 0.3 is 0 Å². The van der Waals surface area contributed by atoms with Gasteiger partial charge in [-0.15, -0.1) is 0 Å². The van der Waals surface area contributed by atoms with Gasteiger partial charge in [0.1, 0.15) is 29.4 Å². The van der Waals surface area contributed by atoms with E-state index in [-0.39, 0.29) is 16.6 Å². The van der Waals surface area contributed by atoms with E-state index in [4.69, 9.17) is 5.73 Å². The lowest BCUT2D eigenvalue weighted by molar-refractivity contribution is 0.0828. The van der Waals surface area contributed by atoms with Gasteiger partial charge in [0.2, 0.25) is 0 Å². The fourth-order valence-corrected chi connectivity index (χ4v) is 7.14. The zero-order chi connectivity index (χ0) is 28.7. The molecule has 12 heteroatoms. The summed E-state index contributed by atoms with van der Waals surface area (Å²) in [4.78, 5) is 13.6.